The number of urea groups is 1. The number of fused-ring (bicyclic) bond motifs is 1. The fourth-order valence-corrected chi connectivity index (χ4v) is 5.69. The largest absolute Gasteiger partial charge is 0.490 e. The molecule has 0 unspecified atom stereocenters. The maximum absolute atomic E-state index is 13.1. The maximum Gasteiger partial charge on any atom is 0.326 e. The highest BCUT2D eigenvalue weighted by Crippen LogP contribution is 2.26. The lowest BCUT2D eigenvalue weighted by Gasteiger charge is -2.31. The quantitative estimate of drug-likeness (QED) is 0.657. The van der Waals surface area contributed by atoms with Crippen LogP contribution < -0.4 is 15.4 Å². The number of hydrogen-bond acceptors (Lipinski definition) is 5. The van der Waals surface area contributed by atoms with Crippen molar-refractivity contribution >= 4 is 21.7 Å². The summed E-state index contributed by atoms with van der Waals surface area (Å²) in [5, 5.41) is 5.91. The molecular weight excluding hydrogens is 471 g/mol. The second-order valence-corrected chi connectivity index (χ2v) is 10.4. The van der Waals surface area contributed by atoms with Gasteiger partial charge in [0.05, 0.1) is 11.4 Å². The van der Waals surface area contributed by atoms with E-state index in [2.05, 4.69) is 10.6 Å². The Balaban J connectivity index is 1.12. The predicted molar refractivity (Wildman–Crippen MR) is 129 cm³/mol. The van der Waals surface area contributed by atoms with Gasteiger partial charge in [-0.1, -0.05) is 0 Å². The van der Waals surface area contributed by atoms with Crippen LogP contribution in [0.5, 0.6) is 5.75 Å². The van der Waals surface area contributed by atoms with Gasteiger partial charge in [-0.2, -0.15) is 4.31 Å². The van der Waals surface area contributed by atoms with Gasteiger partial charge in [0.2, 0.25) is 10.0 Å². The van der Waals surface area contributed by atoms with Gasteiger partial charge in [0.15, 0.2) is 0 Å². The van der Waals surface area contributed by atoms with Gasteiger partial charge in [-0.05, 0) is 78.6 Å². The molecule has 2 aromatic carbocycles. The van der Waals surface area contributed by atoms with E-state index in [0.717, 1.165) is 23.3 Å². The SMILES string of the molecule is O=C(Nc1ccc(OC2CCN(S(=O)(=O)c3ccc(F)cc3)CC2)cc1)N1C=C2C=CNC=C2C1. The summed E-state index contributed by atoms with van der Waals surface area (Å²) in [6.45, 7) is 1.16. The molecule has 3 aliphatic heterocycles. The summed E-state index contributed by atoms with van der Waals surface area (Å²) >= 11 is 0. The number of rotatable bonds is 5. The Hall–Kier alpha value is -3.63. The van der Waals surface area contributed by atoms with Crippen molar-refractivity contribution in [3.8, 4) is 5.75 Å². The van der Waals surface area contributed by atoms with Gasteiger partial charge in [0, 0.05) is 37.4 Å². The molecule has 10 heteroatoms. The number of halogens is 1. The molecule has 0 aliphatic carbocycles. The lowest BCUT2D eigenvalue weighted by atomic mass is 10.1. The number of nitrogens with zero attached hydrogens (tertiary/aromatic N) is 2. The molecule has 3 heterocycles. The second-order valence-electron chi connectivity index (χ2n) is 8.51. The molecule has 182 valence electrons. The Morgan fingerprint density at radius 1 is 1.06 bits per heavy atom. The lowest BCUT2D eigenvalue weighted by molar-refractivity contribution is 0.135. The topological polar surface area (TPSA) is 91.0 Å². The van der Waals surface area contributed by atoms with E-state index >= 15 is 0 Å². The Morgan fingerprint density at radius 3 is 2.46 bits per heavy atom. The Kier molecular flexibility index (Phi) is 6.31. The summed E-state index contributed by atoms with van der Waals surface area (Å²) in [4.78, 5) is 14.3. The van der Waals surface area contributed by atoms with Crippen LogP contribution in [-0.2, 0) is 10.0 Å². The van der Waals surface area contributed by atoms with E-state index in [4.69, 9.17) is 4.74 Å². The Bertz CT molecular complexity index is 1300. The van der Waals surface area contributed by atoms with Crippen LogP contribution >= 0.6 is 0 Å². The zero-order valence-electron chi connectivity index (χ0n) is 18.9. The molecule has 0 atom stereocenters. The number of anilines is 1. The van der Waals surface area contributed by atoms with E-state index < -0.39 is 15.8 Å². The number of ether oxygens (including phenoxy) is 1. The van der Waals surface area contributed by atoms with Crippen molar-refractivity contribution in [3.05, 3.63) is 90.2 Å². The third kappa shape index (κ3) is 5.08. The van der Waals surface area contributed by atoms with E-state index in [9.17, 15) is 17.6 Å². The molecule has 0 aromatic heterocycles. The van der Waals surface area contributed by atoms with Gasteiger partial charge >= 0.3 is 6.03 Å². The molecule has 1 fully saturated rings. The average Bonchev–Trinajstić information content (AvgIpc) is 3.31. The molecule has 3 aliphatic rings. The van der Waals surface area contributed by atoms with E-state index in [0.29, 0.717) is 43.9 Å². The molecule has 35 heavy (non-hydrogen) atoms. The molecule has 2 aromatic rings. The van der Waals surface area contributed by atoms with Gasteiger partial charge < -0.3 is 15.4 Å². The summed E-state index contributed by atoms with van der Waals surface area (Å²) in [5.41, 5.74) is 2.72. The Morgan fingerprint density at radius 2 is 1.77 bits per heavy atom. The van der Waals surface area contributed by atoms with E-state index in [1.807, 2.05) is 24.7 Å². The summed E-state index contributed by atoms with van der Waals surface area (Å²) in [7, 11) is -3.65. The molecular formula is C25H25FN4O4S. The van der Waals surface area contributed by atoms with Crippen LogP contribution in [0.1, 0.15) is 12.8 Å². The number of benzene rings is 2. The van der Waals surface area contributed by atoms with E-state index in [-0.39, 0.29) is 17.0 Å². The van der Waals surface area contributed by atoms with Crippen LogP contribution in [0, 0.1) is 5.82 Å². The molecule has 0 radical (unpaired) electrons. The minimum absolute atomic E-state index is 0.0876. The summed E-state index contributed by atoms with van der Waals surface area (Å²) < 4.78 is 46.1. The highest BCUT2D eigenvalue weighted by molar-refractivity contribution is 7.89. The van der Waals surface area contributed by atoms with Gasteiger partial charge in [-0.3, -0.25) is 4.90 Å². The maximum atomic E-state index is 13.1. The number of nitrogens with one attached hydrogen (secondary N) is 2. The van der Waals surface area contributed by atoms with Crippen molar-refractivity contribution in [2.45, 2.75) is 23.8 Å². The zero-order valence-corrected chi connectivity index (χ0v) is 19.7. The van der Waals surface area contributed by atoms with Crippen molar-refractivity contribution in [3.63, 3.8) is 0 Å². The van der Waals surface area contributed by atoms with Crippen molar-refractivity contribution in [2.75, 3.05) is 25.0 Å². The number of dihydropyridines is 1. The van der Waals surface area contributed by atoms with Gasteiger partial charge in [-0.25, -0.2) is 17.6 Å². The highest BCUT2D eigenvalue weighted by atomic mass is 32.2. The van der Waals surface area contributed by atoms with Gasteiger partial charge in [0.1, 0.15) is 17.7 Å². The van der Waals surface area contributed by atoms with Crippen molar-refractivity contribution in [1.82, 2.24) is 14.5 Å². The number of hydrogen-bond donors (Lipinski definition) is 2. The molecule has 0 bridgehead atoms. The van der Waals surface area contributed by atoms with Crippen molar-refractivity contribution in [1.29, 1.82) is 0 Å². The monoisotopic (exact) mass is 496 g/mol. The Labute approximate surface area is 203 Å². The number of carbonyl (C=O) groups is 1. The minimum atomic E-state index is -3.65. The smallest absolute Gasteiger partial charge is 0.326 e. The zero-order chi connectivity index (χ0) is 24.4. The standard InChI is InChI=1S/C25H25FN4O4S/c26-20-1-7-24(8-2-20)35(32,33)30-13-10-23(11-14-30)34-22-5-3-21(4-6-22)28-25(31)29-16-18-9-12-27-15-19(18)17-29/h1-9,12,15-16,23,27H,10-11,13-14,17H2,(H,28,31). The summed E-state index contributed by atoms with van der Waals surface area (Å²) in [5.74, 6) is 0.180. The lowest BCUT2D eigenvalue weighted by Crippen LogP contribution is -2.41. The van der Waals surface area contributed by atoms with Crippen LogP contribution in [0.2, 0.25) is 0 Å². The fraction of sp³-hybridized carbons (Fsp3) is 0.240. The normalized spacial score (nSPS) is 18.4. The predicted octanol–water partition coefficient (Wildman–Crippen LogP) is 3.79. The third-order valence-electron chi connectivity index (χ3n) is 6.14. The van der Waals surface area contributed by atoms with E-state index in [1.165, 1.54) is 16.4 Å². The van der Waals surface area contributed by atoms with Crippen LogP contribution in [-0.4, -0.2) is 49.4 Å². The molecule has 0 saturated carbocycles. The molecule has 8 nitrogen and oxygen atoms in total. The summed E-state index contributed by atoms with van der Waals surface area (Å²) in [6.07, 6.45) is 8.42. The van der Waals surface area contributed by atoms with Crippen LogP contribution in [0.15, 0.2) is 89.2 Å². The van der Waals surface area contributed by atoms with Crippen LogP contribution in [0.3, 0.4) is 0 Å². The van der Waals surface area contributed by atoms with Crippen molar-refractivity contribution < 1.29 is 22.3 Å². The number of allylic oxidation sites excluding steroid dienone is 1. The first-order chi connectivity index (χ1) is 16.9. The minimum Gasteiger partial charge on any atom is -0.490 e. The second kappa shape index (κ2) is 9.55. The van der Waals surface area contributed by atoms with Crippen LogP contribution in [0.4, 0.5) is 14.9 Å². The first-order valence-corrected chi connectivity index (χ1v) is 12.8. The van der Waals surface area contributed by atoms with Gasteiger partial charge in [-0.15, -0.1) is 0 Å². The van der Waals surface area contributed by atoms with Gasteiger partial charge in [0.25, 0.3) is 0 Å². The highest BCUT2D eigenvalue weighted by Gasteiger charge is 2.30. The first-order valence-electron chi connectivity index (χ1n) is 11.3. The number of piperidine rings is 1. The molecule has 5 rings (SSSR count). The molecule has 2 amide bonds. The van der Waals surface area contributed by atoms with Crippen LogP contribution in [0.25, 0.3) is 0 Å². The molecule has 2 N–H and O–H groups in total. The molecule has 1 saturated heterocycles. The number of sulfonamides is 1. The van der Waals surface area contributed by atoms with E-state index in [1.54, 1.807) is 29.2 Å². The average molecular weight is 497 g/mol. The van der Waals surface area contributed by atoms with Crippen molar-refractivity contribution in [2.24, 2.45) is 0 Å². The fourth-order valence-electron chi connectivity index (χ4n) is 4.22. The number of carbonyl (C=O) groups excluding carboxylic acids is 1. The molecule has 0 spiro atoms. The first kappa shape index (κ1) is 23.1. The third-order valence-corrected chi connectivity index (χ3v) is 8.06. The number of amides is 2. The summed E-state index contributed by atoms with van der Waals surface area (Å²) in [6, 6.07) is 11.8.